The summed E-state index contributed by atoms with van der Waals surface area (Å²) in [6.45, 7) is 0. The minimum absolute atomic E-state index is 0.0607. The van der Waals surface area contributed by atoms with Crippen molar-refractivity contribution < 1.29 is 9.90 Å². The van der Waals surface area contributed by atoms with E-state index < -0.39 is 12.0 Å². The molecule has 0 radical (unpaired) electrons. The van der Waals surface area contributed by atoms with Crippen molar-refractivity contribution in [1.82, 2.24) is 0 Å². The molecule has 1 saturated carbocycles. The molecule has 0 amide bonds. The van der Waals surface area contributed by atoms with Crippen LogP contribution in [-0.2, 0) is 4.79 Å². The Morgan fingerprint density at radius 2 is 2.33 bits per heavy atom. The quantitative estimate of drug-likeness (QED) is 0.675. The second-order valence-corrected chi connectivity index (χ2v) is 4.41. The van der Waals surface area contributed by atoms with Crippen LogP contribution in [-0.4, -0.2) is 29.1 Å². The summed E-state index contributed by atoms with van der Waals surface area (Å²) in [5.41, 5.74) is 5.53. The van der Waals surface area contributed by atoms with Gasteiger partial charge in [0.1, 0.15) is 6.04 Å². The second kappa shape index (κ2) is 3.66. The highest BCUT2D eigenvalue weighted by atomic mass is 32.2. The van der Waals surface area contributed by atoms with Gasteiger partial charge in [0.05, 0.1) is 0 Å². The third kappa shape index (κ3) is 1.93. The number of thioether (sulfide) groups is 1. The van der Waals surface area contributed by atoms with Crippen LogP contribution in [0.4, 0.5) is 0 Å². The Kier molecular flexibility index (Phi) is 3.01. The predicted molar refractivity (Wildman–Crippen MR) is 50.3 cm³/mol. The van der Waals surface area contributed by atoms with Crippen LogP contribution in [0.15, 0.2) is 0 Å². The van der Waals surface area contributed by atoms with Crippen LogP contribution in [0.25, 0.3) is 0 Å². The van der Waals surface area contributed by atoms with E-state index in [1.54, 1.807) is 11.8 Å². The number of nitrogens with two attached hydrogens (primary N) is 1. The van der Waals surface area contributed by atoms with E-state index in [0.29, 0.717) is 0 Å². The Balaban J connectivity index is 2.42. The lowest BCUT2D eigenvalue weighted by Gasteiger charge is -2.18. The summed E-state index contributed by atoms with van der Waals surface area (Å²) in [6.07, 6.45) is 4.95. The van der Waals surface area contributed by atoms with E-state index in [-0.39, 0.29) is 5.41 Å². The fourth-order valence-electron chi connectivity index (χ4n) is 1.44. The summed E-state index contributed by atoms with van der Waals surface area (Å²) in [5.74, 6) is 0.162. The van der Waals surface area contributed by atoms with E-state index in [0.717, 1.165) is 25.0 Å². The van der Waals surface area contributed by atoms with Gasteiger partial charge in [0.2, 0.25) is 0 Å². The molecule has 0 aromatic carbocycles. The second-order valence-electron chi connectivity index (χ2n) is 3.42. The smallest absolute Gasteiger partial charge is 0.321 e. The normalized spacial score (nSPS) is 21.8. The first-order chi connectivity index (χ1) is 5.62. The Bertz CT molecular complexity index is 180. The van der Waals surface area contributed by atoms with Gasteiger partial charge in [-0.1, -0.05) is 0 Å². The zero-order chi connectivity index (χ0) is 9.19. The molecule has 1 rings (SSSR count). The number of carboxylic acid groups (broad SMARTS) is 1. The van der Waals surface area contributed by atoms with Gasteiger partial charge in [0.25, 0.3) is 0 Å². The van der Waals surface area contributed by atoms with Crippen molar-refractivity contribution >= 4 is 17.7 Å². The third-order valence-electron chi connectivity index (χ3n) is 2.62. The van der Waals surface area contributed by atoms with Crippen LogP contribution in [0.1, 0.15) is 19.3 Å². The molecule has 1 fully saturated rings. The SMILES string of the molecule is CSCCC1(C(N)C(=O)O)CC1. The van der Waals surface area contributed by atoms with Crippen LogP contribution >= 0.6 is 11.8 Å². The molecule has 1 aliphatic rings. The number of carboxylic acids is 1. The van der Waals surface area contributed by atoms with Crippen LogP contribution < -0.4 is 5.73 Å². The molecule has 3 nitrogen and oxygen atoms in total. The van der Waals surface area contributed by atoms with Gasteiger partial charge in [0, 0.05) is 0 Å². The summed E-state index contributed by atoms with van der Waals surface area (Å²) >= 11 is 1.75. The highest BCUT2D eigenvalue weighted by Gasteiger charge is 2.50. The van der Waals surface area contributed by atoms with Crippen LogP contribution in [0.2, 0.25) is 0 Å². The molecule has 70 valence electrons. The maximum Gasteiger partial charge on any atom is 0.321 e. The van der Waals surface area contributed by atoms with Gasteiger partial charge in [-0.25, -0.2) is 0 Å². The van der Waals surface area contributed by atoms with E-state index in [4.69, 9.17) is 10.8 Å². The van der Waals surface area contributed by atoms with Gasteiger partial charge in [-0.15, -0.1) is 0 Å². The topological polar surface area (TPSA) is 63.3 Å². The maximum atomic E-state index is 10.6. The monoisotopic (exact) mass is 189 g/mol. The van der Waals surface area contributed by atoms with Crippen LogP contribution in [0.3, 0.4) is 0 Å². The molecule has 1 aliphatic carbocycles. The minimum atomic E-state index is -0.853. The van der Waals surface area contributed by atoms with E-state index in [1.807, 2.05) is 6.26 Å². The van der Waals surface area contributed by atoms with Crippen LogP contribution in [0, 0.1) is 5.41 Å². The highest BCUT2D eigenvalue weighted by Crippen LogP contribution is 2.51. The molecule has 0 saturated heterocycles. The molecule has 12 heavy (non-hydrogen) atoms. The molecule has 1 atom stereocenters. The van der Waals surface area contributed by atoms with E-state index in [1.165, 1.54) is 0 Å². The average Bonchev–Trinajstić information content (AvgIpc) is 2.80. The van der Waals surface area contributed by atoms with Crippen molar-refractivity contribution in [3.8, 4) is 0 Å². The van der Waals surface area contributed by atoms with Gasteiger partial charge >= 0.3 is 5.97 Å². The number of rotatable bonds is 5. The molecule has 3 N–H and O–H groups in total. The molecular formula is C8H15NO2S. The molecule has 0 aromatic heterocycles. The Morgan fingerprint density at radius 1 is 1.75 bits per heavy atom. The van der Waals surface area contributed by atoms with Crippen molar-refractivity contribution in [1.29, 1.82) is 0 Å². The summed E-state index contributed by atoms with van der Waals surface area (Å²) in [5, 5.41) is 8.73. The van der Waals surface area contributed by atoms with Gasteiger partial charge in [-0.3, -0.25) is 4.79 Å². The molecule has 0 aliphatic heterocycles. The fraction of sp³-hybridized carbons (Fsp3) is 0.875. The largest absolute Gasteiger partial charge is 0.480 e. The summed E-state index contributed by atoms with van der Waals surface area (Å²) < 4.78 is 0. The van der Waals surface area contributed by atoms with Crippen molar-refractivity contribution in [2.75, 3.05) is 12.0 Å². The number of carbonyl (C=O) groups is 1. The lowest BCUT2D eigenvalue weighted by Crippen LogP contribution is -2.39. The fourth-order valence-corrected chi connectivity index (χ4v) is 2.05. The maximum absolute atomic E-state index is 10.6. The lowest BCUT2D eigenvalue weighted by atomic mass is 9.94. The molecule has 0 heterocycles. The molecule has 1 unspecified atom stereocenters. The molecule has 4 heteroatoms. The van der Waals surface area contributed by atoms with Gasteiger partial charge in [-0.2, -0.15) is 11.8 Å². The molecule has 0 bridgehead atoms. The highest BCUT2D eigenvalue weighted by molar-refractivity contribution is 7.98. The number of hydrogen-bond donors (Lipinski definition) is 2. The first kappa shape index (κ1) is 9.86. The van der Waals surface area contributed by atoms with Crippen LogP contribution in [0.5, 0.6) is 0 Å². The zero-order valence-corrected chi connectivity index (χ0v) is 8.06. The molecular weight excluding hydrogens is 174 g/mol. The van der Waals surface area contributed by atoms with E-state index >= 15 is 0 Å². The van der Waals surface area contributed by atoms with Gasteiger partial charge < -0.3 is 10.8 Å². The number of hydrogen-bond acceptors (Lipinski definition) is 3. The van der Waals surface area contributed by atoms with E-state index in [2.05, 4.69) is 0 Å². The van der Waals surface area contributed by atoms with Crippen molar-refractivity contribution in [3.63, 3.8) is 0 Å². The lowest BCUT2D eigenvalue weighted by molar-refractivity contribution is -0.140. The van der Waals surface area contributed by atoms with Crippen molar-refractivity contribution in [2.24, 2.45) is 11.1 Å². The predicted octanol–water partition coefficient (Wildman–Crippen LogP) is 0.932. The summed E-state index contributed by atoms with van der Waals surface area (Å²) in [7, 11) is 0. The van der Waals surface area contributed by atoms with Crippen molar-refractivity contribution in [3.05, 3.63) is 0 Å². The molecule has 0 aromatic rings. The minimum Gasteiger partial charge on any atom is -0.480 e. The first-order valence-electron chi connectivity index (χ1n) is 4.10. The Morgan fingerprint density at radius 3 is 2.67 bits per heavy atom. The third-order valence-corrected chi connectivity index (χ3v) is 3.23. The summed E-state index contributed by atoms with van der Waals surface area (Å²) in [6, 6.07) is -0.648. The standard InChI is InChI=1S/C8H15NO2S/c1-12-5-4-8(2-3-8)6(9)7(10)11/h6H,2-5,9H2,1H3,(H,10,11). The van der Waals surface area contributed by atoms with Gasteiger partial charge in [-0.05, 0) is 36.7 Å². The van der Waals surface area contributed by atoms with E-state index in [9.17, 15) is 4.79 Å². The average molecular weight is 189 g/mol. The Hall–Kier alpha value is -0.220. The van der Waals surface area contributed by atoms with Gasteiger partial charge in [0.15, 0.2) is 0 Å². The summed E-state index contributed by atoms with van der Waals surface area (Å²) in [4.78, 5) is 10.6. The molecule has 0 spiro atoms. The Labute approximate surface area is 76.7 Å². The first-order valence-corrected chi connectivity index (χ1v) is 5.49. The zero-order valence-electron chi connectivity index (χ0n) is 7.25. The van der Waals surface area contributed by atoms with Crippen molar-refractivity contribution in [2.45, 2.75) is 25.3 Å². The number of aliphatic carboxylic acids is 1.